The number of amides is 1. The molecular weight excluding hydrogens is 426 g/mol. The van der Waals surface area contributed by atoms with Gasteiger partial charge in [0.2, 0.25) is 0 Å². The molecule has 2 aromatic carbocycles. The van der Waals surface area contributed by atoms with Gasteiger partial charge in [-0.05, 0) is 38.5 Å². The second kappa shape index (κ2) is 9.99. The van der Waals surface area contributed by atoms with E-state index in [4.69, 9.17) is 14.2 Å². The molecule has 0 aliphatic heterocycles. The molecule has 0 radical (unpaired) electrons. The third-order valence-corrected chi connectivity index (χ3v) is 4.32. The molecule has 0 bridgehead atoms. The Labute approximate surface area is 190 Å². The highest BCUT2D eigenvalue weighted by atomic mass is 16.6. The number of carbonyl (C=O) groups excluding carboxylic acids is 3. The summed E-state index contributed by atoms with van der Waals surface area (Å²) in [6.45, 7) is 5.27. The lowest BCUT2D eigenvalue weighted by atomic mass is 10.2. The van der Waals surface area contributed by atoms with Crippen LogP contribution >= 0.6 is 0 Å². The van der Waals surface area contributed by atoms with E-state index in [0.717, 1.165) is 10.2 Å². The molecule has 3 aromatic rings. The average Bonchev–Trinajstić information content (AvgIpc) is 3.15. The van der Waals surface area contributed by atoms with Crippen LogP contribution in [0.25, 0.3) is 17.0 Å². The number of nitrogens with one attached hydrogen (secondary N) is 1. The van der Waals surface area contributed by atoms with Gasteiger partial charge in [0.25, 0.3) is 0 Å². The van der Waals surface area contributed by atoms with Crippen LogP contribution in [0.15, 0.2) is 60.3 Å². The molecule has 9 heteroatoms. The molecule has 1 heterocycles. The standard InChI is InChI=1S/C24H25N3O6/c1-24(2,3)33-23(30)27-20-13-9-8-12-17(20)18(26-27)14-19(21(28)31-4)25-22(29)32-15-16-10-6-5-7-11-16/h5-14H,15H2,1-4H3,(H,25,29)/b19-14-. The number of ether oxygens (including phenoxy) is 3. The second-order valence-corrected chi connectivity index (χ2v) is 8.03. The third kappa shape index (κ3) is 6.19. The summed E-state index contributed by atoms with van der Waals surface area (Å²) < 4.78 is 16.5. The summed E-state index contributed by atoms with van der Waals surface area (Å²) in [6, 6.07) is 16.0. The van der Waals surface area contributed by atoms with Gasteiger partial charge in [0, 0.05) is 5.39 Å². The molecular formula is C24H25N3O6. The minimum atomic E-state index is -0.841. The summed E-state index contributed by atoms with van der Waals surface area (Å²) in [5, 5.41) is 7.26. The van der Waals surface area contributed by atoms with Gasteiger partial charge in [0.1, 0.15) is 17.9 Å². The monoisotopic (exact) mass is 451 g/mol. The summed E-state index contributed by atoms with van der Waals surface area (Å²) in [7, 11) is 1.19. The Morgan fingerprint density at radius 3 is 2.36 bits per heavy atom. The Balaban J connectivity index is 1.89. The van der Waals surface area contributed by atoms with Crippen LogP contribution in [0, 0.1) is 0 Å². The molecule has 1 N–H and O–H groups in total. The average molecular weight is 451 g/mol. The fourth-order valence-electron chi connectivity index (χ4n) is 2.90. The van der Waals surface area contributed by atoms with Crippen molar-refractivity contribution in [1.82, 2.24) is 15.1 Å². The number of para-hydroxylation sites is 1. The topological polar surface area (TPSA) is 109 Å². The van der Waals surface area contributed by atoms with Gasteiger partial charge < -0.3 is 14.2 Å². The van der Waals surface area contributed by atoms with Gasteiger partial charge in [0.05, 0.1) is 18.3 Å². The number of fused-ring (bicyclic) bond motifs is 1. The van der Waals surface area contributed by atoms with Gasteiger partial charge in [-0.2, -0.15) is 9.78 Å². The van der Waals surface area contributed by atoms with Gasteiger partial charge in [-0.3, -0.25) is 5.32 Å². The lowest BCUT2D eigenvalue weighted by Crippen LogP contribution is -2.29. The quantitative estimate of drug-likeness (QED) is 0.351. The Morgan fingerprint density at radius 1 is 1.03 bits per heavy atom. The Bertz CT molecular complexity index is 1190. The maximum Gasteiger partial charge on any atom is 0.435 e. The zero-order chi connectivity index (χ0) is 24.0. The summed E-state index contributed by atoms with van der Waals surface area (Å²) in [4.78, 5) is 37.2. The van der Waals surface area contributed by atoms with Crippen molar-refractivity contribution < 1.29 is 28.6 Å². The van der Waals surface area contributed by atoms with Gasteiger partial charge in [0.15, 0.2) is 0 Å². The van der Waals surface area contributed by atoms with Gasteiger partial charge in [-0.25, -0.2) is 14.4 Å². The first-order valence-electron chi connectivity index (χ1n) is 10.2. The van der Waals surface area contributed by atoms with Crippen LogP contribution in [0.4, 0.5) is 9.59 Å². The molecule has 1 amide bonds. The number of alkyl carbamates (subject to hydrolysis) is 1. The normalized spacial score (nSPS) is 11.7. The minimum Gasteiger partial charge on any atom is -0.464 e. The summed E-state index contributed by atoms with van der Waals surface area (Å²) in [5.41, 5.74) is 0.615. The van der Waals surface area contributed by atoms with E-state index in [2.05, 4.69) is 10.4 Å². The van der Waals surface area contributed by atoms with Crippen LogP contribution in [-0.4, -0.2) is 40.6 Å². The number of benzene rings is 2. The van der Waals surface area contributed by atoms with Crippen LogP contribution in [0.3, 0.4) is 0 Å². The largest absolute Gasteiger partial charge is 0.464 e. The van der Waals surface area contributed by atoms with Crippen molar-refractivity contribution in [2.75, 3.05) is 7.11 Å². The fraction of sp³-hybridized carbons (Fsp3) is 0.250. The minimum absolute atomic E-state index is 0.0251. The summed E-state index contributed by atoms with van der Waals surface area (Å²) in [6.07, 6.45) is -0.196. The van der Waals surface area contributed by atoms with Gasteiger partial charge in [-0.15, -0.1) is 0 Å². The summed E-state index contributed by atoms with van der Waals surface area (Å²) >= 11 is 0. The Hall–Kier alpha value is -4.14. The molecule has 33 heavy (non-hydrogen) atoms. The number of carbonyl (C=O) groups is 3. The van der Waals surface area contributed by atoms with Crippen molar-refractivity contribution in [2.24, 2.45) is 0 Å². The third-order valence-electron chi connectivity index (χ3n) is 4.32. The number of hydrogen-bond acceptors (Lipinski definition) is 7. The molecule has 0 spiro atoms. The molecule has 0 unspecified atom stereocenters. The van der Waals surface area contributed by atoms with Crippen LogP contribution in [0.1, 0.15) is 32.0 Å². The Kier molecular flexibility index (Phi) is 7.12. The smallest absolute Gasteiger partial charge is 0.435 e. The highest BCUT2D eigenvalue weighted by Gasteiger charge is 2.23. The molecule has 0 saturated carbocycles. The molecule has 0 saturated heterocycles. The van der Waals surface area contributed by atoms with Crippen molar-refractivity contribution in [1.29, 1.82) is 0 Å². The van der Waals surface area contributed by atoms with Crippen molar-refractivity contribution >= 4 is 35.1 Å². The fourth-order valence-corrected chi connectivity index (χ4v) is 2.90. The first kappa shape index (κ1) is 23.5. The molecule has 0 aliphatic carbocycles. The maximum atomic E-state index is 12.6. The molecule has 1 aromatic heterocycles. The molecule has 0 fully saturated rings. The maximum absolute atomic E-state index is 12.6. The molecule has 0 aliphatic rings. The van der Waals surface area contributed by atoms with E-state index < -0.39 is 23.8 Å². The predicted molar refractivity (Wildman–Crippen MR) is 121 cm³/mol. The molecule has 3 rings (SSSR count). The van der Waals surface area contributed by atoms with E-state index in [1.807, 2.05) is 18.2 Å². The SMILES string of the molecule is COC(=O)/C(=C/c1nn(C(=O)OC(C)(C)C)c2ccccc12)NC(=O)OCc1ccccc1. The number of methoxy groups -OCH3 is 1. The number of esters is 1. The number of nitrogens with zero attached hydrogens (tertiary/aromatic N) is 2. The van der Waals surface area contributed by atoms with Gasteiger partial charge >= 0.3 is 18.2 Å². The van der Waals surface area contributed by atoms with E-state index >= 15 is 0 Å². The van der Waals surface area contributed by atoms with E-state index in [0.29, 0.717) is 10.9 Å². The molecule has 9 nitrogen and oxygen atoms in total. The highest BCUT2D eigenvalue weighted by molar-refractivity contribution is 6.00. The lowest BCUT2D eigenvalue weighted by Gasteiger charge is -2.19. The van der Waals surface area contributed by atoms with Crippen LogP contribution in [0.2, 0.25) is 0 Å². The van der Waals surface area contributed by atoms with E-state index in [9.17, 15) is 14.4 Å². The zero-order valence-electron chi connectivity index (χ0n) is 18.8. The van der Waals surface area contributed by atoms with Crippen molar-refractivity contribution in [3.8, 4) is 0 Å². The molecule has 172 valence electrons. The van der Waals surface area contributed by atoms with Crippen molar-refractivity contribution in [2.45, 2.75) is 33.0 Å². The van der Waals surface area contributed by atoms with Crippen molar-refractivity contribution in [3.63, 3.8) is 0 Å². The van der Waals surface area contributed by atoms with E-state index in [1.54, 1.807) is 57.2 Å². The number of rotatable bonds is 5. The molecule has 0 atom stereocenters. The van der Waals surface area contributed by atoms with E-state index in [-0.39, 0.29) is 18.0 Å². The Morgan fingerprint density at radius 2 is 1.70 bits per heavy atom. The first-order valence-corrected chi connectivity index (χ1v) is 10.2. The van der Waals surface area contributed by atoms with Crippen LogP contribution in [0.5, 0.6) is 0 Å². The predicted octanol–water partition coefficient (Wildman–Crippen LogP) is 4.26. The number of aromatic nitrogens is 2. The second-order valence-electron chi connectivity index (χ2n) is 8.03. The zero-order valence-corrected chi connectivity index (χ0v) is 18.8. The van der Waals surface area contributed by atoms with Crippen LogP contribution in [-0.2, 0) is 25.6 Å². The number of hydrogen-bond donors (Lipinski definition) is 1. The highest BCUT2D eigenvalue weighted by Crippen LogP contribution is 2.22. The van der Waals surface area contributed by atoms with Crippen molar-refractivity contribution in [3.05, 3.63) is 71.6 Å². The van der Waals surface area contributed by atoms with E-state index in [1.165, 1.54) is 13.2 Å². The first-order chi connectivity index (χ1) is 15.7. The lowest BCUT2D eigenvalue weighted by molar-refractivity contribution is -0.136. The van der Waals surface area contributed by atoms with Crippen LogP contribution < -0.4 is 5.32 Å². The van der Waals surface area contributed by atoms with Gasteiger partial charge in [-0.1, -0.05) is 48.5 Å². The summed E-state index contributed by atoms with van der Waals surface area (Å²) in [5.74, 6) is -0.803.